The maximum atomic E-state index is 12.4. The van der Waals surface area contributed by atoms with E-state index in [2.05, 4.69) is 9.93 Å². The van der Waals surface area contributed by atoms with E-state index >= 15 is 0 Å². The van der Waals surface area contributed by atoms with Crippen molar-refractivity contribution in [1.82, 2.24) is 4.83 Å². The van der Waals surface area contributed by atoms with Crippen molar-refractivity contribution in [3.63, 3.8) is 0 Å². The Balaban J connectivity index is 1.27. The Kier molecular flexibility index (Phi) is 1.98. The van der Waals surface area contributed by atoms with Crippen LogP contribution in [0.4, 0.5) is 0 Å². The maximum Gasteiger partial charge on any atom is 0.276 e. The van der Waals surface area contributed by atoms with Gasteiger partial charge in [0, 0.05) is 11.1 Å². The number of nitrogens with one attached hydrogen (secondary N) is 1. The first-order chi connectivity index (χ1) is 11.0. The summed E-state index contributed by atoms with van der Waals surface area (Å²) >= 11 is 0. The van der Waals surface area contributed by atoms with Crippen LogP contribution in [-0.2, 0) is 10.0 Å². The van der Waals surface area contributed by atoms with E-state index in [0.717, 1.165) is 52.7 Å². The molecule has 6 aliphatic carbocycles. The molecule has 0 radical (unpaired) electrons. The van der Waals surface area contributed by atoms with Crippen LogP contribution in [0.2, 0.25) is 0 Å². The van der Waals surface area contributed by atoms with Crippen LogP contribution < -0.4 is 4.83 Å². The molecule has 5 heteroatoms. The predicted octanol–water partition coefficient (Wildman–Crippen LogP) is 2.41. The van der Waals surface area contributed by atoms with Crippen molar-refractivity contribution in [3.8, 4) is 0 Å². The van der Waals surface area contributed by atoms with E-state index in [1.165, 1.54) is 6.42 Å². The Labute approximate surface area is 136 Å². The minimum atomic E-state index is -3.56. The van der Waals surface area contributed by atoms with Gasteiger partial charge in [-0.05, 0) is 73.8 Å². The molecule has 0 spiro atoms. The van der Waals surface area contributed by atoms with E-state index < -0.39 is 10.0 Å². The summed E-state index contributed by atoms with van der Waals surface area (Å²) in [4.78, 5) is 2.77. The fourth-order valence-corrected chi connectivity index (χ4v) is 8.46. The second kappa shape index (κ2) is 3.51. The van der Waals surface area contributed by atoms with Gasteiger partial charge in [-0.2, -0.15) is 13.5 Å². The molecular weight excluding hydrogens is 308 g/mol. The zero-order chi connectivity index (χ0) is 15.7. The Bertz CT molecular complexity index is 849. The molecule has 2 bridgehead atoms. The molecule has 0 saturated heterocycles. The SMILES string of the molecule is C/C(=N\NS(=O)(=O)c1ccc(C)cc1)C12C3[C@H]4C5CC([C@H]41)[C@@H]2[C@H]53. The van der Waals surface area contributed by atoms with E-state index in [1.807, 2.05) is 26.0 Å². The van der Waals surface area contributed by atoms with Crippen molar-refractivity contribution in [2.75, 3.05) is 0 Å². The Morgan fingerprint density at radius 2 is 1.78 bits per heavy atom. The van der Waals surface area contributed by atoms with Gasteiger partial charge in [-0.3, -0.25) is 0 Å². The van der Waals surface area contributed by atoms with E-state index in [1.54, 1.807) is 12.1 Å². The molecule has 23 heavy (non-hydrogen) atoms. The number of hydrazone groups is 1. The van der Waals surface area contributed by atoms with Crippen molar-refractivity contribution in [1.29, 1.82) is 0 Å². The molecule has 4 nitrogen and oxygen atoms in total. The smallest absolute Gasteiger partial charge is 0.200 e. The molecule has 6 fully saturated rings. The maximum absolute atomic E-state index is 12.4. The first-order valence-electron chi connectivity index (χ1n) is 8.61. The number of hydrogen-bond acceptors (Lipinski definition) is 3. The number of nitrogens with zero attached hydrogens (tertiary/aromatic N) is 1. The topological polar surface area (TPSA) is 58.5 Å². The van der Waals surface area contributed by atoms with Crippen LogP contribution in [-0.4, -0.2) is 14.1 Å². The Morgan fingerprint density at radius 3 is 2.39 bits per heavy atom. The molecule has 7 rings (SSSR count). The lowest BCUT2D eigenvalue weighted by Crippen LogP contribution is -2.90. The molecule has 0 aliphatic heterocycles. The number of aryl methyl sites for hydroxylation is 1. The van der Waals surface area contributed by atoms with Gasteiger partial charge in [-0.1, -0.05) is 17.7 Å². The standard InChI is InChI=1S/C18H20N2O2S/c1-8-3-5-10(6-4-8)23(21,22)20-19-9(2)18-15-12-7-11-13(15)17(18)14(11)16(12)18/h3-6,11-17,20H,7H2,1-2H3/b19-9+/t11?,12?,13-,14-,15+,16+,17?,18?/m0/s1. The van der Waals surface area contributed by atoms with Gasteiger partial charge >= 0.3 is 0 Å². The van der Waals surface area contributed by atoms with Crippen molar-refractivity contribution < 1.29 is 8.42 Å². The van der Waals surface area contributed by atoms with Gasteiger partial charge in [-0.15, -0.1) is 0 Å². The van der Waals surface area contributed by atoms with Crippen molar-refractivity contribution in [2.45, 2.75) is 25.2 Å². The number of sulfonamides is 1. The second-order valence-corrected chi connectivity index (χ2v) is 9.99. The normalized spacial score (nSPS) is 50.3. The summed E-state index contributed by atoms with van der Waals surface area (Å²) in [5, 5.41) is 4.36. The summed E-state index contributed by atoms with van der Waals surface area (Å²) in [6.07, 6.45) is 1.45. The fourth-order valence-electron chi connectivity index (χ4n) is 7.61. The lowest BCUT2D eigenvalue weighted by Gasteiger charge is -2.91. The lowest BCUT2D eigenvalue weighted by molar-refractivity contribution is -0.414. The Hall–Kier alpha value is -1.36. The highest BCUT2D eigenvalue weighted by molar-refractivity contribution is 7.89. The zero-order valence-corrected chi connectivity index (χ0v) is 14.0. The molecule has 0 amide bonds. The van der Waals surface area contributed by atoms with E-state index in [9.17, 15) is 8.42 Å². The molecule has 0 heterocycles. The summed E-state index contributed by atoms with van der Waals surface area (Å²) in [6.45, 7) is 3.99. The van der Waals surface area contributed by atoms with Gasteiger partial charge in [0.05, 0.1) is 4.90 Å². The zero-order valence-electron chi connectivity index (χ0n) is 13.2. The third-order valence-electron chi connectivity index (χ3n) is 8.06. The number of hydrogen-bond donors (Lipinski definition) is 1. The van der Waals surface area contributed by atoms with Gasteiger partial charge < -0.3 is 0 Å². The van der Waals surface area contributed by atoms with Crippen molar-refractivity contribution >= 4 is 15.7 Å². The average molecular weight is 328 g/mol. The molecule has 6 aliphatic rings. The first kappa shape index (κ1) is 13.0. The molecule has 1 N–H and O–H groups in total. The van der Waals surface area contributed by atoms with Crippen molar-refractivity contribution in [2.24, 2.45) is 51.9 Å². The van der Waals surface area contributed by atoms with Crippen LogP contribution >= 0.6 is 0 Å². The summed E-state index contributed by atoms with van der Waals surface area (Å²) < 4.78 is 24.8. The van der Waals surface area contributed by atoms with Crippen LogP contribution in [0.1, 0.15) is 18.9 Å². The summed E-state index contributed by atoms with van der Waals surface area (Å²) in [5.74, 6) is 6.41. The van der Waals surface area contributed by atoms with E-state index in [4.69, 9.17) is 0 Å². The lowest BCUT2D eigenvalue weighted by atomic mass is 9.12. The third kappa shape index (κ3) is 1.10. The van der Waals surface area contributed by atoms with Crippen LogP contribution in [0.15, 0.2) is 34.3 Å². The summed E-state index contributed by atoms with van der Waals surface area (Å²) in [7, 11) is -3.56. The van der Waals surface area contributed by atoms with Crippen LogP contribution in [0, 0.1) is 53.8 Å². The average Bonchev–Trinajstić information content (AvgIpc) is 2.75. The minimum Gasteiger partial charge on any atom is -0.200 e. The van der Waals surface area contributed by atoms with Gasteiger partial charge in [0.25, 0.3) is 10.0 Å². The van der Waals surface area contributed by atoms with Crippen LogP contribution in [0.25, 0.3) is 0 Å². The van der Waals surface area contributed by atoms with Gasteiger partial charge in [0.15, 0.2) is 0 Å². The van der Waals surface area contributed by atoms with Gasteiger partial charge in [-0.25, -0.2) is 4.83 Å². The highest BCUT2D eigenvalue weighted by Gasteiger charge is 2.98. The quantitative estimate of drug-likeness (QED) is 0.681. The molecular formula is C18H20N2O2S. The highest BCUT2D eigenvalue weighted by atomic mass is 32.2. The van der Waals surface area contributed by atoms with E-state index in [0.29, 0.717) is 5.41 Å². The molecule has 0 unspecified atom stereocenters. The molecule has 0 aromatic heterocycles. The largest absolute Gasteiger partial charge is 0.276 e. The highest BCUT2D eigenvalue weighted by Crippen LogP contribution is 3.00. The Morgan fingerprint density at radius 1 is 1.13 bits per heavy atom. The van der Waals surface area contributed by atoms with Gasteiger partial charge in [0.1, 0.15) is 0 Å². The fraction of sp³-hybridized carbons (Fsp3) is 0.611. The molecule has 120 valence electrons. The van der Waals surface area contributed by atoms with Crippen molar-refractivity contribution in [3.05, 3.63) is 29.8 Å². The number of rotatable bonds is 4. The number of benzene rings is 1. The second-order valence-electron chi connectivity index (χ2n) is 8.33. The van der Waals surface area contributed by atoms with E-state index in [-0.39, 0.29) is 4.90 Å². The van der Waals surface area contributed by atoms with Gasteiger partial charge in [0.2, 0.25) is 0 Å². The minimum absolute atomic E-state index is 0.284. The molecule has 1 aromatic carbocycles. The third-order valence-corrected chi connectivity index (χ3v) is 9.28. The summed E-state index contributed by atoms with van der Waals surface area (Å²) in [6, 6.07) is 6.90. The first-order valence-corrected chi connectivity index (χ1v) is 10.1. The summed E-state index contributed by atoms with van der Waals surface area (Å²) in [5.41, 5.74) is 2.38. The molecule has 6 saturated carbocycles. The van der Waals surface area contributed by atoms with Crippen LogP contribution in [0.5, 0.6) is 0 Å². The van der Waals surface area contributed by atoms with Crippen LogP contribution in [0.3, 0.4) is 0 Å². The molecule has 4 atom stereocenters. The predicted molar refractivity (Wildman–Crippen MR) is 86.1 cm³/mol. The monoisotopic (exact) mass is 328 g/mol. The molecule has 1 aromatic rings.